The molecule has 1 amide bonds. The molecule has 0 aliphatic rings. The predicted octanol–water partition coefficient (Wildman–Crippen LogP) is 4.62. The molecule has 0 fully saturated rings. The van der Waals surface area contributed by atoms with Crippen LogP contribution in [0, 0.1) is 11.3 Å². The fourth-order valence-corrected chi connectivity index (χ4v) is 3.00. The average Bonchev–Trinajstić information content (AvgIpc) is 2.77. The van der Waals surface area contributed by atoms with E-state index in [1.165, 1.54) is 12.0 Å². The molecular formula is C23H20N2O3. The molecule has 0 aliphatic heterocycles. The van der Waals surface area contributed by atoms with Gasteiger partial charge in [0.15, 0.2) is 11.5 Å². The molecule has 0 radical (unpaired) electrons. The van der Waals surface area contributed by atoms with Crippen LogP contribution in [0.2, 0.25) is 0 Å². The average molecular weight is 372 g/mol. The molecule has 0 spiro atoms. The van der Waals surface area contributed by atoms with Gasteiger partial charge in [0, 0.05) is 11.3 Å². The van der Waals surface area contributed by atoms with Crippen LogP contribution in [-0.2, 0) is 0 Å². The Kier molecular flexibility index (Phi) is 5.93. The summed E-state index contributed by atoms with van der Waals surface area (Å²) < 4.78 is 10.6. The van der Waals surface area contributed by atoms with Crippen LogP contribution in [0.3, 0.4) is 0 Å². The van der Waals surface area contributed by atoms with Gasteiger partial charge in [-0.3, -0.25) is 9.69 Å². The molecule has 5 nitrogen and oxygen atoms in total. The summed E-state index contributed by atoms with van der Waals surface area (Å²) in [6.45, 7) is 0. The maximum Gasteiger partial charge on any atom is 0.259 e. The number of hydrogen-bond donors (Lipinski definition) is 0. The maximum absolute atomic E-state index is 13.3. The van der Waals surface area contributed by atoms with E-state index in [2.05, 4.69) is 6.07 Å². The lowest BCUT2D eigenvalue weighted by Gasteiger charge is -2.28. The number of para-hydroxylation sites is 1. The lowest BCUT2D eigenvalue weighted by molar-refractivity contribution is 0.0981. The first-order valence-corrected chi connectivity index (χ1v) is 8.74. The lowest BCUT2D eigenvalue weighted by Crippen LogP contribution is -2.34. The van der Waals surface area contributed by atoms with Gasteiger partial charge < -0.3 is 9.47 Å². The first-order valence-electron chi connectivity index (χ1n) is 8.74. The topological polar surface area (TPSA) is 62.6 Å². The first kappa shape index (κ1) is 19.0. The quantitative estimate of drug-likeness (QED) is 0.634. The highest BCUT2D eigenvalue weighted by atomic mass is 16.5. The molecule has 3 aromatic rings. The highest BCUT2D eigenvalue weighted by Crippen LogP contribution is 2.34. The molecule has 0 saturated carbocycles. The molecule has 0 N–H and O–H groups in total. The van der Waals surface area contributed by atoms with Crippen molar-refractivity contribution in [2.75, 3.05) is 19.1 Å². The summed E-state index contributed by atoms with van der Waals surface area (Å²) in [5.41, 5.74) is 1.78. The number of rotatable bonds is 6. The van der Waals surface area contributed by atoms with Crippen molar-refractivity contribution in [2.24, 2.45) is 0 Å². The zero-order chi connectivity index (χ0) is 19.9. The molecule has 0 saturated heterocycles. The van der Waals surface area contributed by atoms with Crippen LogP contribution in [-0.4, -0.2) is 20.1 Å². The second kappa shape index (κ2) is 8.74. The SMILES string of the molecule is COc1ccc(C(C#N)N(C(=O)c2ccccc2)c2ccccc2)cc1OC. The molecule has 3 aromatic carbocycles. The van der Waals surface area contributed by atoms with E-state index in [1.807, 2.05) is 36.4 Å². The number of carbonyl (C=O) groups is 1. The molecule has 5 heteroatoms. The molecule has 3 rings (SSSR count). The Bertz CT molecular complexity index is 982. The van der Waals surface area contributed by atoms with Crippen LogP contribution in [0.5, 0.6) is 11.5 Å². The van der Waals surface area contributed by atoms with Crippen LogP contribution < -0.4 is 14.4 Å². The zero-order valence-electron chi connectivity index (χ0n) is 15.7. The molecule has 1 atom stereocenters. The first-order chi connectivity index (χ1) is 13.7. The smallest absolute Gasteiger partial charge is 0.259 e. The van der Waals surface area contributed by atoms with E-state index >= 15 is 0 Å². The molecular weight excluding hydrogens is 352 g/mol. The standard InChI is InChI=1S/C23H20N2O3/c1-27-21-14-13-18(15-22(21)28-2)20(16-24)25(19-11-7-4-8-12-19)23(26)17-9-5-3-6-10-17/h3-15,20H,1-2H3. The van der Waals surface area contributed by atoms with Gasteiger partial charge in [0.05, 0.1) is 20.3 Å². The van der Waals surface area contributed by atoms with Crippen LogP contribution in [0.25, 0.3) is 0 Å². The van der Waals surface area contributed by atoms with E-state index < -0.39 is 6.04 Å². The Morgan fingerprint density at radius 2 is 1.50 bits per heavy atom. The molecule has 28 heavy (non-hydrogen) atoms. The van der Waals surface area contributed by atoms with Crippen molar-refractivity contribution in [3.63, 3.8) is 0 Å². The van der Waals surface area contributed by atoms with Gasteiger partial charge in [-0.1, -0.05) is 42.5 Å². The Hall–Kier alpha value is -3.78. The van der Waals surface area contributed by atoms with Crippen LogP contribution in [0.4, 0.5) is 5.69 Å². The van der Waals surface area contributed by atoms with Gasteiger partial charge in [-0.15, -0.1) is 0 Å². The summed E-state index contributed by atoms with van der Waals surface area (Å²) >= 11 is 0. The van der Waals surface area contributed by atoms with Crippen LogP contribution in [0.1, 0.15) is 22.0 Å². The highest BCUT2D eigenvalue weighted by Gasteiger charge is 2.28. The predicted molar refractivity (Wildman–Crippen MR) is 108 cm³/mol. The van der Waals surface area contributed by atoms with E-state index in [-0.39, 0.29) is 5.91 Å². The minimum Gasteiger partial charge on any atom is -0.493 e. The van der Waals surface area contributed by atoms with E-state index in [9.17, 15) is 10.1 Å². The third-order valence-electron chi connectivity index (χ3n) is 4.38. The van der Waals surface area contributed by atoms with Crippen LogP contribution in [0.15, 0.2) is 78.9 Å². The van der Waals surface area contributed by atoms with Gasteiger partial charge >= 0.3 is 0 Å². The van der Waals surface area contributed by atoms with E-state index in [0.717, 1.165) is 0 Å². The Morgan fingerprint density at radius 3 is 2.07 bits per heavy atom. The minimum atomic E-state index is -0.838. The van der Waals surface area contributed by atoms with Crippen molar-refractivity contribution in [1.29, 1.82) is 5.26 Å². The van der Waals surface area contributed by atoms with Crippen molar-refractivity contribution < 1.29 is 14.3 Å². The summed E-state index contributed by atoms with van der Waals surface area (Å²) in [5, 5.41) is 9.98. The number of ether oxygens (including phenoxy) is 2. The number of carbonyl (C=O) groups excluding carboxylic acids is 1. The third kappa shape index (κ3) is 3.81. The molecule has 140 valence electrons. The third-order valence-corrected chi connectivity index (χ3v) is 4.38. The van der Waals surface area contributed by atoms with Gasteiger partial charge in [0.2, 0.25) is 0 Å². The number of nitriles is 1. The monoisotopic (exact) mass is 372 g/mol. The Labute approximate surface area is 164 Å². The molecule has 0 bridgehead atoms. The molecule has 0 aliphatic carbocycles. The lowest BCUT2D eigenvalue weighted by atomic mass is 10.0. The number of benzene rings is 3. The number of hydrogen-bond acceptors (Lipinski definition) is 4. The second-order valence-electron chi connectivity index (χ2n) is 6.02. The van der Waals surface area contributed by atoms with E-state index in [1.54, 1.807) is 49.6 Å². The minimum absolute atomic E-state index is 0.256. The van der Waals surface area contributed by atoms with Crippen molar-refractivity contribution >= 4 is 11.6 Å². The number of nitrogens with zero attached hydrogens (tertiary/aromatic N) is 2. The second-order valence-corrected chi connectivity index (χ2v) is 6.02. The number of methoxy groups -OCH3 is 2. The van der Waals surface area contributed by atoms with Crippen molar-refractivity contribution in [1.82, 2.24) is 0 Å². The zero-order valence-corrected chi connectivity index (χ0v) is 15.7. The van der Waals surface area contributed by atoms with Crippen molar-refractivity contribution in [3.05, 3.63) is 90.0 Å². The van der Waals surface area contributed by atoms with Gasteiger partial charge in [-0.2, -0.15) is 5.26 Å². The maximum atomic E-state index is 13.3. The Balaban J connectivity index is 2.11. The molecule has 1 unspecified atom stereocenters. The van der Waals surface area contributed by atoms with Gasteiger partial charge in [-0.05, 0) is 42.0 Å². The van der Waals surface area contributed by atoms with Crippen molar-refractivity contribution in [2.45, 2.75) is 6.04 Å². The van der Waals surface area contributed by atoms with Gasteiger partial charge in [-0.25, -0.2) is 0 Å². The fourth-order valence-electron chi connectivity index (χ4n) is 3.00. The van der Waals surface area contributed by atoms with Gasteiger partial charge in [0.1, 0.15) is 6.04 Å². The van der Waals surface area contributed by atoms with Gasteiger partial charge in [0.25, 0.3) is 5.91 Å². The Morgan fingerprint density at radius 1 is 0.893 bits per heavy atom. The number of anilines is 1. The highest BCUT2D eigenvalue weighted by molar-refractivity contribution is 6.06. The summed E-state index contributed by atoms with van der Waals surface area (Å²) in [5.74, 6) is 0.803. The summed E-state index contributed by atoms with van der Waals surface area (Å²) in [6, 6.07) is 24.7. The van der Waals surface area contributed by atoms with Crippen molar-refractivity contribution in [3.8, 4) is 17.6 Å². The normalized spacial score (nSPS) is 11.2. The summed E-state index contributed by atoms with van der Waals surface area (Å²) in [6.07, 6.45) is 0. The largest absolute Gasteiger partial charge is 0.493 e. The molecule has 0 heterocycles. The summed E-state index contributed by atoms with van der Waals surface area (Å²) in [7, 11) is 3.08. The summed E-state index contributed by atoms with van der Waals surface area (Å²) in [4.78, 5) is 14.8. The van der Waals surface area contributed by atoms with E-state index in [4.69, 9.17) is 9.47 Å². The van der Waals surface area contributed by atoms with E-state index in [0.29, 0.717) is 28.3 Å². The number of amides is 1. The molecule has 0 aromatic heterocycles. The van der Waals surface area contributed by atoms with Crippen LogP contribution >= 0.6 is 0 Å². The fraction of sp³-hybridized carbons (Fsp3) is 0.130.